The van der Waals surface area contributed by atoms with Crippen LogP contribution in [0.3, 0.4) is 0 Å². The minimum atomic E-state index is -1.13. The third-order valence-corrected chi connectivity index (χ3v) is 3.25. The second-order valence-corrected chi connectivity index (χ2v) is 5.06. The number of benzene rings is 1. The first-order valence-corrected chi connectivity index (χ1v) is 6.88. The van der Waals surface area contributed by atoms with Gasteiger partial charge in [-0.2, -0.15) is 0 Å². The van der Waals surface area contributed by atoms with Gasteiger partial charge in [0.05, 0.1) is 9.40 Å². The summed E-state index contributed by atoms with van der Waals surface area (Å²) in [5.74, 6) is -1.13. The Morgan fingerprint density at radius 3 is 2.67 bits per heavy atom. The molecule has 0 aliphatic carbocycles. The molecule has 1 rings (SSSR count). The van der Waals surface area contributed by atoms with Crippen molar-refractivity contribution < 1.29 is 19.6 Å². The summed E-state index contributed by atoms with van der Waals surface area (Å²) in [7, 11) is 0. The topological polar surface area (TPSA) is 122 Å². The highest BCUT2D eigenvalue weighted by Crippen LogP contribution is 2.27. The SMILES string of the molecule is CCC[C@@H](NC(=O)Nc1ccc(Br)c([N+](=O)[O-])c1)C(=O)O. The molecular formula is C12H14BrN3O5. The van der Waals surface area contributed by atoms with Crippen molar-refractivity contribution in [3.63, 3.8) is 0 Å². The maximum atomic E-state index is 11.7. The van der Waals surface area contributed by atoms with E-state index in [0.717, 1.165) is 0 Å². The van der Waals surface area contributed by atoms with E-state index in [4.69, 9.17) is 5.11 Å². The Labute approximate surface area is 128 Å². The number of aliphatic carboxylic acids is 1. The van der Waals surface area contributed by atoms with Crippen LogP contribution in [0.2, 0.25) is 0 Å². The van der Waals surface area contributed by atoms with Crippen LogP contribution < -0.4 is 10.6 Å². The van der Waals surface area contributed by atoms with Crippen LogP contribution in [0.1, 0.15) is 19.8 Å². The van der Waals surface area contributed by atoms with Crippen LogP contribution >= 0.6 is 15.9 Å². The molecule has 1 aromatic rings. The van der Waals surface area contributed by atoms with Gasteiger partial charge >= 0.3 is 12.0 Å². The van der Waals surface area contributed by atoms with Gasteiger partial charge in [0.25, 0.3) is 5.69 Å². The number of nitrogens with one attached hydrogen (secondary N) is 2. The second-order valence-electron chi connectivity index (χ2n) is 4.20. The average Bonchev–Trinajstić information content (AvgIpc) is 2.40. The van der Waals surface area contributed by atoms with Gasteiger partial charge in [-0.1, -0.05) is 13.3 Å². The summed E-state index contributed by atoms with van der Waals surface area (Å²) in [6.07, 6.45) is 0.893. The fourth-order valence-electron chi connectivity index (χ4n) is 1.60. The molecule has 0 saturated heterocycles. The second kappa shape index (κ2) is 7.58. The fourth-order valence-corrected chi connectivity index (χ4v) is 1.99. The van der Waals surface area contributed by atoms with Gasteiger partial charge in [0, 0.05) is 11.8 Å². The normalized spacial score (nSPS) is 11.5. The van der Waals surface area contributed by atoms with Gasteiger partial charge in [0.2, 0.25) is 0 Å². The zero-order valence-electron chi connectivity index (χ0n) is 11.1. The van der Waals surface area contributed by atoms with Crippen LogP contribution in [0.15, 0.2) is 22.7 Å². The largest absolute Gasteiger partial charge is 0.480 e. The lowest BCUT2D eigenvalue weighted by Gasteiger charge is -2.14. The number of urea groups is 1. The lowest BCUT2D eigenvalue weighted by Crippen LogP contribution is -2.42. The molecule has 2 amide bonds. The Kier molecular flexibility index (Phi) is 6.10. The molecular weight excluding hydrogens is 346 g/mol. The number of carboxylic acids is 1. The number of carbonyl (C=O) groups is 2. The molecule has 0 heterocycles. The van der Waals surface area contributed by atoms with E-state index in [9.17, 15) is 19.7 Å². The number of amides is 2. The Hall–Kier alpha value is -2.16. The van der Waals surface area contributed by atoms with Crippen LogP contribution in [0, 0.1) is 10.1 Å². The molecule has 0 spiro atoms. The Morgan fingerprint density at radius 2 is 2.14 bits per heavy atom. The van der Waals surface area contributed by atoms with Gasteiger partial charge in [-0.3, -0.25) is 10.1 Å². The molecule has 0 radical (unpaired) electrons. The Balaban J connectivity index is 2.77. The number of nitro groups is 1. The van der Waals surface area contributed by atoms with E-state index in [-0.39, 0.29) is 15.8 Å². The van der Waals surface area contributed by atoms with Gasteiger partial charge in [-0.15, -0.1) is 0 Å². The highest BCUT2D eigenvalue weighted by molar-refractivity contribution is 9.10. The summed E-state index contributed by atoms with van der Waals surface area (Å²) >= 11 is 3.03. The van der Waals surface area contributed by atoms with Crippen molar-refractivity contribution in [1.29, 1.82) is 0 Å². The number of hydrogen-bond donors (Lipinski definition) is 3. The zero-order valence-corrected chi connectivity index (χ0v) is 12.7. The third kappa shape index (κ3) is 5.03. The maximum Gasteiger partial charge on any atom is 0.326 e. The van der Waals surface area contributed by atoms with Crippen LogP contribution in [-0.4, -0.2) is 28.1 Å². The van der Waals surface area contributed by atoms with Gasteiger partial charge in [0.15, 0.2) is 0 Å². The van der Waals surface area contributed by atoms with Gasteiger partial charge < -0.3 is 15.7 Å². The average molecular weight is 360 g/mol. The van der Waals surface area contributed by atoms with Crippen LogP contribution in [-0.2, 0) is 4.79 Å². The Bertz CT molecular complexity index is 564. The number of nitrogens with zero attached hydrogens (tertiary/aromatic N) is 1. The summed E-state index contributed by atoms with van der Waals surface area (Å²) in [5, 5.41) is 24.4. The minimum Gasteiger partial charge on any atom is -0.480 e. The van der Waals surface area contributed by atoms with E-state index >= 15 is 0 Å². The van der Waals surface area contributed by atoms with E-state index in [2.05, 4.69) is 26.6 Å². The fraction of sp³-hybridized carbons (Fsp3) is 0.333. The summed E-state index contributed by atoms with van der Waals surface area (Å²) in [5.41, 5.74) is -0.000759. The van der Waals surface area contributed by atoms with Gasteiger partial charge in [-0.05, 0) is 34.5 Å². The maximum absolute atomic E-state index is 11.7. The number of carbonyl (C=O) groups excluding carboxylic acids is 1. The van der Waals surface area contributed by atoms with Crippen molar-refractivity contribution in [1.82, 2.24) is 5.32 Å². The lowest BCUT2D eigenvalue weighted by atomic mass is 10.2. The molecule has 0 unspecified atom stereocenters. The summed E-state index contributed by atoms with van der Waals surface area (Å²) < 4.78 is 0.285. The summed E-state index contributed by atoms with van der Waals surface area (Å²) in [6.45, 7) is 1.80. The van der Waals surface area contributed by atoms with Crippen molar-refractivity contribution in [3.05, 3.63) is 32.8 Å². The molecule has 0 bridgehead atoms. The lowest BCUT2D eigenvalue weighted by molar-refractivity contribution is -0.385. The molecule has 0 fully saturated rings. The first-order valence-electron chi connectivity index (χ1n) is 6.09. The van der Waals surface area contributed by atoms with E-state index < -0.39 is 23.0 Å². The highest BCUT2D eigenvalue weighted by Gasteiger charge is 2.19. The highest BCUT2D eigenvalue weighted by atomic mass is 79.9. The van der Waals surface area contributed by atoms with E-state index in [1.54, 1.807) is 6.92 Å². The van der Waals surface area contributed by atoms with Crippen molar-refractivity contribution in [2.24, 2.45) is 0 Å². The molecule has 9 heteroatoms. The number of rotatable bonds is 6. The predicted molar refractivity (Wildman–Crippen MR) is 79.3 cm³/mol. The number of halogens is 1. The number of hydrogen-bond acceptors (Lipinski definition) is 4. The van der Waals surface area contributed by atoms with Crippen LogP contribution in [0.4, 0.5) is 16.2 Å². The van der Waals surface area contributed by atoms with Gasteiger partial charge in [-0.25, -0.2) is 9.59 Å². The van der Waals surface area contributed by atoms with E-state index in [1.165, 1.54) is 18.2 Å². The standard InChI is InChI=1S/C12H14BrN3O5/c1-2-3-9(11(17)18)15-12(19)14-7-4-5-8(13)10(6-7)16(20)21/h4-6,9H,2-3H2,1H3,(H,17,18)(H2,14,15,19)/t9-/m1/s1. The minimum absolute atomic E-state index is 0.197. The zero-order chi connectivity index (χ0) is 16.0. The molecule has 0 aliphatic rings. The quantitative estimate of drug-likeness (QED) is 0.532. The van der Waals surface area contributed by atoms with Crippen LogP contribution in [0.5, 0.6) is 0 Å². The molecule has 0 aliphatic heterocycles. The van der Waals surface area contributed by atoms with Gasteiger partial charge in [0.1, 0.15) is 6.04 Å². The molecule has 21 heavy (non-hydrogen) atoms. The first-order chi connectivity index (χ1) is 9.85. The summed E-state index contributed by atoms with van der Waals surface area (Å²) in [6, 6.07) is 2.34. The number of carboxylic acid groups (broad SMARTS) is 1. The predicted octanol–water partition coefficient (Wildman–Crippen LogP) is 2.73. The molecule has 0 aromatic heterocycles. The van der Waals surface area contributed by atoms with Crippen molar-refractivity contribution in [2.75, 3.05) is 5.32 Å². The van der Waals surface area contributed by atoms with E-state index in [0.29, 0.717) is 12.8 Å². The molecule has 1 atom stereocenters. The summed E-state index contributed by atoms with van der Waals surface area (Å²) in [4.78, 5) is 32.8. The van der Waals surface area contributed by atoms with Crippen molar-refractivity contribution in [2.45, 2.75) is 25.8 Å². The van der Waals surface area contributed by atoms with Crippen molar-refractivity contribution >= 4 is 39.3 Å². The third-order valence-electron chi connectivity index (χ3n) is 2.58. The molecule has 8 nitrogen and oxygen atoms in total. The first kappa shape index (κ1) is 16.9. The Morgan fingerprint density at radius 1 is 1.48 bits per heavy atom. The monoisotopic (exact) mass is 359 g/mol. The molecule has 3 N–H and O–H groups in total. The van der Waals surface area contributed by atoms with E-state index in [1.807, 2.05) is 0 Å². The van der Waals surface area contributed by atoms with Crippen molar-refractivity contribution in [3.8, 4) is 0 Å². The molecule has 0 saturated carbocycles. The number of nitro benzene ring substituents is 1. The smallest absolute Gasteiger partial charge is 0.326 e. The molecule has 1 aromatic carbocycles. The van der Waals surface area contributed by atoms with Crippen LogP contribution in [0.25, 0.3) is 0 Å². The molecule has 114 valence electrons. The number of anilines is 1.